The van der Waals surface area contributed by atoms with E-state index in [1.807, 2.05) is 48.5 Å². The number of rotatable bonds is 15. The van der Waals surface area contributed by atoms with Crippen LogP contribution in [0.25, 0.3) is 0 Å². The molecule has 2 amide bonds. The van der Waals surface area contributed by atoms with Crippen molar-refractivity contribution >= 4 is 34.5 Å². The van der Waals surface area contributed by atoms with Crippen LogP contribution in [0, 0.1) is 11.3 Å². The first-order valence-corrected chi connectivity index (χ1v) is 16.8. The Morgan fingerprint density at radius 1 is 0.689 bits per heavy atom. The number of nitrogens with one attached hydrogen (secondary N) is 2. The van der Waals surface area contributed by atoms with Gasteiger partial charge in [-0.05, 0) is 96.9 Å². The molecule has 0 atom stereocenters. The van der Waals surface area contributed by atoms with E-state index in [-0.39, 0.29) is 0 Å². The maximum absolute atomic E-state index is 11.1. The van der Waals surface area contributed by atoms with Gasteiger partial charge in [0.05, 0.1) is 9.75 Å². The zero-order valence-corrected chi connectivity index (χ0v) is 28.5. The predicted octanol–water partition coefficient (Wildman–Crippen LogP) is 7.94. The Morgan fingerprint density at radius 2 is 1.11 bits per heavy atom. The number of amides is 2. The highest BCUT2D eigenvalue weighted by molar-refractivity contribution is 7.16. The topological polar surface area (TPSA) is 129 Å². The molecule has 0 aliphatic rings. The number of nitrogens with two attached hydrogens (primary N) is 2. The number of carbonyl (C=O) groups excluding carboxylic acids is 2. The van der Waals surface area contributed by atoms with Gasteiger partial charge in [0.25, 0.3) is 11.8 Å². The molecular formula is C35H46N4O4S2. The molecule has 2 heterocycles. The quantitative estimate of drug-likeness (QED) is 0.0967. The van der Waals surface area contributed by atoms with E-state index in [1.54, 1.807) is 24.3 Å². The van der Waals surface area contributed by atoms with Gasteiger partial charge in [-0.2, -0.15) is 0 Å². The van der Waals surface area contributed by atoms with Crippen molar-refractivity contribution in [2.75, 3.05) is 13.1 Å². The van der Waals surface area contributed by atoms with E-state index < -0.39 is 11.8 Å². The lowest BCUT2D eigenvalue weighted by molar-refractivity contribution is 0.0995. The van der Waals surface area contributed by atoms with Crippen molar-refractivity contribution in [2.45, 2.75) is 60.5 Å². The summed E-state index contributed by atoms with van der Waals surface area (Å²) in [5.74, 6) is 1.37. The standard InChI is InChI=1S/C18H24N2O2S.C17H22N2O2S/c1-18(2,3)10-11-20-12-13-4-6-14(7-5-13)22-16-9-8-15(23-16)17(19)21;1-12(2)9-10-19-11-13-3-5-14(6-4-13)21-16-8-7-15(22-16)17(18)20/h4-9,20H,10-12H2,1-3H3,(H2,19,21);3-8,12,19H,9-11H2,1-2H3,(H2,18,20). The van der Waals surface area contributed by atoms with Crippen LogP contribution >= 0.6 is 22.7 Å². The summed E-state index contributed by atoms with van der Waals surface area (Å²) < 4.78 is 11.4. The van der Waals surface area contributed by atoms with Crippen molar-refractivity contribution in [2.24, 2.45) is 22.8 Å². The molecule has 0 spiro atoms. The number of thiophene rings is 2. The summed E-state index contributed by atoms with van der Waals surface area (Å²) >= 11 is 2.50. The Bertz CT molecular complexity index is 1470. The van der Waals surface area contributed by atoms with Gasteiger partial charge >= 0.3 is 0 Å². The van der Waals surface area contributed by atoms with E-state index in [1.165, 1.54) is 40.2 Å². The summed E-state index contributed by atoms with van der Waals surface area (Å²) in [5.41, 5.74) is 13.3. The lowest BCUT2D eigenvalue weighted by atomic mass is 9.92. The van der Waals surface area contributed by atoms with Gasteiger partial charge in [-0.1, -0.05) is 81.6 Å². The van der Waals surface area contributed by atoms with Gasteiger partial charge in [0.2, 0.25) is 0 Å². The molecule has 45 heavy (non-hydrogen) atoms. The van der Waals surface area contributed by atoms with Crippen LogP contribution in [0.5, 0.6) is 21.6 Å². The van der Waals surface area contributed by atoms with Crippen LogP contribution in [-0.2, 0) is 13.1 Å². The molecule has 0 saturated heterocycles. The lowest BCUT2D eigenvalue weighted by Gasteiger charge is -2.18. The Balaban J connectivity index is 0.000000246. The highest BCUT2D eigenvalue weighted by atomic mass is 32.1. The first-order valence-electron chi connectivity index (χ1n) is 15.1. The molecule has 10 heteroatoms. The molecule has 2 aromatic heterocycles. The van der Waals surface area contributed by atoms with Gasteiger partial charge in [0.15, 0.2) is 10.1 Å². The van der Waals surface area contributed by atoms with Crippen molar-refractivity contribution in [3.63, 3.8) is 0 Å². The number of primary amides is 2. The summed E-state index contributed by atoms with van der Waals surface area (Å²) in [4.78, 5) is 23.1. The number of benzene rings is 2. The maximum atomic E-state index is 11.1. The van der Waals surface area contributed by atoms with Crippen LogP contribution < -0.4 is 31.6 Å². The minimum Gasteiger partial charge on any atom is -0.447 e. The zero-order valence-electron chi connectivity index (χ0n) is 26.9. The van der Waals surface area contributed by atoms with Crippen molar-refractivity contribution < 1.29 is 19.1 Å². The minimum atomic E-state index is -0.429. The Kier molecular flexibility index (Phi) is 14.1. The summed E-state index contributed by atoms with van der Waals surface area (Å²) in [6.45, 7) is 14.9. The van der Waals surface area contributed by atoms with Crippen molar-refractivity contribution in [3.8, 4) is 21.6 Å². The fraction of sp³-hybridized carbons (Fsp3) is 0.371. The van der Waals surface area contributed by atoms with Gasteiger partial charge in [0, 0.05) is 13.1 Å². The van der Waals surface area contributed by atoms with E-state index in [0.717, 1.165) is 50.0 Å². The number of carbonyl (C=O) groups is 2. The number of hydrogen-bond acceptors (Lipinski definition) is 8. The molecule has 242 valence electrons. The predicted molar refractivity (Wildman–Crippen MR) is 186 cm³/mol. The van der Waals surface area contributed by atoms with Crippen LogP contribution in [0.4, 0.5) is 0 Å². The average molecular weight is 651 g/mol. The van der Waals surface area contributed by atoms with Crippen molar-refractivity contribution in [1.82, 2.24) is 10.6 Å². The third-order valence-corrected chi connectivity index (χ3v) is 8.50. The van der Waals surface area contributed by atoms with Crippen LogP contribution in [0.15, 0.2) is 72.8 Å². The molecule has 4 aromatic rings. The summed E-state index contributed by atoms with van der Waals surface area (Å²) in [7, 11) is 0. The summed E-state index contributed by atoms with van der Waals surface area (Å²) in [5, 5.41) is 8.21. The largest absolute Gasteiger partial charge is 0.447 e. The highest BCUT2D eigenvalue weighted by Crippen LogP contribution is 2.30. The van der Waals surface area contributed by atoms with Crippen LogP contribution in [0.2, 0.25) is 0 Å². The first-order chi connectivity index (χ1) is 21.4. The van der Waals surface area contributed by atoms with Gasteiger partial charge in [0.1, 0.15) is 11.5 Å². The zero-order chi connectivity index (χ0) is 32.8. The second-order valence-corrected chi connectivity index (χ2v) is 14.4. The van der Waals surface area contributed by atoms with Crippen LogP contribution in [0.3, 0.4) is 0 Å². The van der Waals surface area contributed by atoms with Gasteiger partial charge in [-0.3, -0.25) is 9.59 Å². The molecule has 0 aliphatic heterocycles. The van der Waals surface area contributed by atoms with Gasteiger partial charge in [-0.15, -0.1) is 0 Å². The summed E-state index contributed by atoms with van der Waals surface area (Å²) in [6.07, 6.45) is 2.33. The Labute approximate surface area is 275 Å². The molecule has 0 fully saturated rings. The SMILES string of the molecule is CC(C)(C)CCNCc1ccc(Oc2ccc(C(N)=O)s2)cc1.CC(C)CCNCc1ccc(Oc2ccc(C(N)=O)s2)cc1. The number of hydrogen-bond donors (Lipinski definition) is 4. The summed E-state index contributed by atoms with van der Waals surface area (Å²) in [6, 6.07) is 22.8. The average Bonchev–Trinajstić information content (AvgIpc) is 3.65. The monoisotopic (exact) mass is 650 g/mol. The Morgan fingerprint density at radius 3 is 1.47 bits per heavy atom. The van der Waals surface area contributed by atoms with E-state index >= 15 is 0 Å². The molecule has 4 rings (SSSR count). The Hall–Kier alpha value is -3.70. The fourth-order valence-electron chi connectivity index (χ4n) is 3.92. The maximum Gasteiger partial charge on any atom is 0.258 e. The van der Waals surface area contributed by atoms with E-state index in [2.05, 4.69) is 45.3 Å². The molecule has 6 N–H and O–H groups in total. The van der Waals surface area contributed by atoms with E-state index in [9.17, 15) is 9.59 Å². The molecule has 0 unspecified atom stereocenters. The molecule has 8 nitrogen and oxygen atoms in total. The smallest absolute Gasteiger partial charge is 0.258 e. The third kappa shape index (κ3) is 13.9. The molecule has 0 radical (unpaired) electrons. The van der Waals surface area contributed by atoms with Crippen LogP contribution in [0.1, 0.15) is 77.9 Å². The molecule has 0 bridgehead atoms. The third-order valence-electron chi connectivity index (χ3n) is 6.54. The fourth-order valence-corrected chi connectivity index (χ4v) is 5.37. The second-order valence-electron chi connectivity index (χ2n) is 12.3. The lowest BCUT2D eigenvalue weighted by Crippen LogP contribution is -2.20. The van der Waals surface area contributed by atoms with Gasteiger partial charge in [-0.25, -0.2) is 0 Å². The van der Waals surface area contributed by atoms with Gasteiger partial charge < -0.3 is 31.6 Å². The molecule has 0 aliphatic carbocycles. The molecule has 2 aromatic carbocycles. The molecular weight excluding hydrogens is 605 g/mol. The van der Waals surface area contributed by atoms with Crippen molar-refractivity contribution in [1.29, 1.82) is 0 Å². The molecule has 0 saturated carbocycles. The van der Waals surface area contributed by atoms with E-state index in [4.69, 9.17) is 20.9 Å². The second kappa shape index (κ2) is 17.7. The van der Waals surface area contributed by atoms with Crippen molar-refractivity contribution in [3.05, 3.63) is 93.7 Å². The minimum absolute atomic E-state index is 0.356. The van der Waals surface area contributed by atoms with Crippen LogP contribution in [-0.4, -0.2) is 24.9 Å². The van der Waals surface area contributed by atoms with E-state index in [0.29, 0.717) is 25.3 Å². The highest BCUT2D eigenvalue weighted by Gasteiger charge is 2.10. The first kappa shape index (κ1) is 35.8. The normalized spacial score (nSPS) is 11.2. The number of ether oxygens (including phenoxy) is 2.